The van der Waals surface area contributed by atoms with E-state index in [-0.39, 0.29) is 17.1 Å². The quantitative estimate of drug-likeness (QED) is 0.330. The van der Waals surface area contributed by atoms with Crippen molar-refractivity contribution in [1.29, 1.82) is 0 Å². The van der Waals surface area contributed by atoms with E-state index in [4.69, 9.17) is 14.1 Å². The van der Waals surface area contributed by atoms with Crippen LogP contribution in [0.15, 0.2) is 75.9 Å². The average molecular weight is 469 g/mol. The molecule has 0 N–H and O–H groups in total. The molecule has 0 aliphatic carbocycles. The van der Waals surface area contributed by atoms with Crippen molar-refractivity contribution in [3.8, 4) is 5.75 Å². The Bertz CT molecular complexity index is 1630. The van der Waals surface area contributed by atoms with Gasteiger partial charge in [0.1, 0.15) is 11.3 Å². The predicted molar refractivity (Wildman–Crippen MR) is 133 cm³/mol. The highest BCUT2D eigenvalue weighted by Crippen LogP contribution is 2.43. The molecule has 1 atom stereocenters. The van der Waals surface area contributed by atoms with Gasteiger partial charge in [-0.3, -0.25) is 14.5 Å². The van der Waals surface area contributed by atoms with Crippen molar-refractivity contribution < 1.29 is 13.9 Å². The number of hydrogen-bond acceptors (Lipinski definition) is 6. The standard InChI is InChI=1S/C27H20N2O4S/c1-3-32-17-11-9-16(10-12-17)23-22-24(30)18-6-4-5-7-20(18)33-25(22)26(31)29(23)27-28-19-13-8-15(2)14-21(19)34-27/h4-14,23H,3H2,1-2H3/t23-/m0/s1. The van der Waals surface area contributed by atoms with Crippen LogP contribution in [-0.2, 0) is 0 Å². The van der Waals surface area contributed by atoms with E-state index in [1.54, 1.807) is 29.2 Å². The molecule has 6 rings (SSSR count). The molecule has 3 heterocycles. The van der Waals surface area contributed by atoms with E-state index in [1.165, 1.54) is 11.3 Å². The molecule has 0 saturated heterocycles. The van der Waals surface area contributed by atoms with Crippen molar-refractivity contribution in [2.24, 2.45) is 0 Å². The van der Waals surface area contributed by atoms with Crippen molar-refractivity contribution in [3.05, 3.63) is 99.4 Å². The van der Waals surface area contributed by atoms with Gasteiger partial charge in [0, 0.05) is 0 Å². The molecule has 0 saturated carbocycles. The van der Waals surface area contributed by atoms with Gasteiger partial charge in [0.05, 0.1) is 33.8 Å². The first-order valence-electron chi connectivity index (χ1n) is 11.0. The van der Waals surface area contributed by atoms with E-state index in [2.05, 4.69) is 0 Å². The summed E-state index contributed by atoms with van der Waals surface area (Å²) in [5.74, 6) is 0.425. The van der Waals surface area contributed by atoms with Crippen LogP contribution >= 0.6 is 11.3 Å². The number of para-hydroxylation sites is 1. The molecule has 0 radical (unpaired) electrons. The molecule has 6 nitrogen and oxygen atoms in total. The van der Waals surface area contributed by atoms with Crippen molar-refractivity contribution in [2.75, 3.05) is 11.5 Å². The lowest BCUT2D eigenvalue weighted by atomic mass is 9.98. The van der Waals surface area contributed by atoms with Crippen LogP contribution in [0.2, 0.25) is 0 Å². The number of amides is 1. The summed E-state index contributed by atoms with van der Waals surface area (Å²) in [6.07, 6.45) is 0. The molecule has 168 valence electrons. The second kappa shape index (κ2) is 7.81. The number of nitrogens with zero attached hydrogens (tertiary/aromatic N) is 2. The Labute approximate surface area is 199 Å². The van der Waals surface area contributed by atoms with Crippen LogP contribution in [-0.4, -0.2) is 17.5 Å². The summed E-state index contributed by atoms with van der Waals surface area (Å²) in [7, 11) is 0. The summed E-state index contributed by atoms with van der Waals surface area (Å²) in [4.78, 5) is 33.7. The van der Waals surface area contributed by atoms with Crippen LogP contribution < -0.4 is 15.1 Å². The lowest BCUT2D eigenvalue weighted by molar-refractivity contribution is 0.0971. The number of rotatable bonds is 4. The average Bonchev–Trinajstić information content (AvgIpc) is 3.38. The lowest BCUT2D eigenvalue weighted by Gasteiger charge is -2.22. The van der Waals surface area contributed by atoms with E-state index in [9.17, 15) is 9.59 Å². The van der Waals surface area contributed by atoms with Crippen LogP contribution in [0.4, 0.5) is 5.13 Å². The zero-order valence-corrected chi connectivity index (χ0v) is 19.4. The fraction of sp³-hybridized carbons (Fsp3) is 0.148. The van der Waals surface area contributed by atoms with Gasteiger partial charge in [-0.2, -0.15) is 0 Å². The predicted octanol–water partition coefficient (Wildman–Crippen LogP) is 5.86. The molecule has 0 bridgehead atoms. The number of ether oxygens (including phenoxy) is 1. The van der Waals surface area contributed by atoms with Crippen molar-refractivity contribution in [3.63, 3.8) is 0 Å². The van der Waals surface area contributed by atoms with E-state index in [0.29, 0.717) is 28.3 Å². The van der Waals surface area contributed by atoms with Crippen molar-refractivity contribution >= 4 is 43.6 Å². The monoisotopic (exact) mass is 468 g/mol. The van der Waals surface area contributed by atoms with Gasteiger partial charge < -0.3 is 9.15 Å². The van der Waals surface area contributed by atoms with Gasteiger partial charge in [0.25, 0.3) is 5.91 Å². The molecule has 1 amide bonds. The minimum absolute atomic E-state index is 0.0676. The number of hydrogen-bond donors (Lipinski definition) is 0. The third-order valence-electron chi connectivity index (χ3n) is 6.02. The van der Waals surface area contributed by atoms with Crippen LogP contribution in [0.1, 0.15) is 40.2 Å². The minimum Gasteiger partial charge on any atom is -0.494 e. The first kappa shape index (κ1) is 20.6. The Kier molecular flexibility index (Phi) is 4.74. The number of thiazole rings is 1. The Morgan fingerprint density at radius 2 is 1.85 bits per heavy atom. The van der Waals surface area contributed by atoms with Gasteiger partial charge in [-0.15, -0.1) is 0 Å². The Morgan fingerprint density at radius 1 is 1.06 bits per heavy atom. The third kappa shape index (κ3) is 3.12. The number of anilines is 1. The maximum absolute atomic E-state index is 13.7. The highest BCUT2D eigenvalue weighted by molar-refractivity contribution is 7.22. The molecule has 0 spiro atoms. The number of fused-ring (bicyclic) bond motifs is 3. The molecule has 1 aliphatic rings. The molecular formula is C27H20N2O4S. The number of carbonyl (C=O) groups excluding carboxylic acids is 1. The summed E-state index contributed by atoms with van der Waals surface area (Å²) in [6, 6.07) is 19.8. The van der Waals surface area contributed by atoms with Gasteiger partial charge in [-0.1, -0.05) is 41.7 Å². The molecule has 7 heteroatoms. The molecular weight excluding hydrogens is 448 g/mol. The summed E-state index contributed by atoms with van der Waals surface area (Å²) in [5, 5.41) is 0.978. The molecule has 0 unspecified atom stereocenters. The number of carbonyl (C=O) groups is 1. The van der Waals surface area contributed by atoms with Crippen molar-refractivity contribution in [1.82, 2.24) is 4.98 Å². The van der Waals surface area contributed by atoms with Crippen LogP contribution in [0.25, 0.3) is 21.2 Å². The normalized spacial score (nSPS) is 15.3. The number of benzene rings is 3. The maximum atomic E-state index is 13.7. The smallest absolute Gasteiger partial charge is 0.297 e. The fourth-order valence-electron chi connectivity index (χ4n) is 4.47. The summed E-state index contributed by atoms with van der Waals surface area (Å²) in [5.41, 5.74) is 3.24. The Balaban J connectivity index is 1.59. The van der Waals surface area contributed by atoms with Gasteiger partial charge >= 0.3 is 0 Å². The second-order valence-electron chi connectivity index (χ2n) is 8.22. The van der Waals surface area contributed by atoms with Crippen LogP contribution in [0.3, 0.4) is 0 Å². The minimum atomic E-state index is -0.652. The van der Waals surface area contributed by atoms with Gasteiger partial charge in [-0.25, -0.2) is 4.98 Å². The van der Waals surface area contributed by atoms with Gasteiger partial charge in [-0.05, 0) is 61.4 Å². The van der Waals surface area contributed by atoms with Gasteiger partial charge in [0.2, 0.25) is 5.76 Å². The van der Waals surface area contributed by atoms with E-state index in [1.807, 2.05) is 56.3 Å². The molecule has 5 aromatic rings. The highest BCUT2D eigenvalue weighted by Gasteiger charge is 2.45. The van der Waals surface area contributed by atoms with Crippen molar-refractivity contribution in [2.45, 2.75) is 19.9 Å². The number of aromatic nitrogens is 1. The summed E-state index contributed by atoms with van der Waals surface area (Å²) < 4.78 is 12.6. The zero-order chi connectivity index (χ0) is 23.4. The zero-order valence-electron chi connectivity index (χ0n) is 18.6. The molecule has 34 heavy (non-hydrogen) atoms. The SMILES string of the molecule is CCOc1ccc([C@H]2c3c(oc4ccccc4c3=O)C(=O)N2c2nc3ccc(C)cc3s2)cc1. The molecule has 1 aliphatic heterocycles. The maximum Gasteiger partial charge on any atom is 0.297 e. The fourth-order valence-corrected chi connectivity index (χ4v) is 5.56. The highest BCUT2D eigenvalue weighted by atomic mass is 32.1. The largest absolute Gasteiger partial charge is 0.494 e. The molecule has 2 aromatic heterocycles. The number of aryl methyl sites for hydroxylation is 1. The topological polar surface area (TPSA) is 72.6 Å². The van der Waals surface area contributed by atoms with Crippen LogP contribution in [0.5, 0.6) is 5.75 Å². The molecule has 3 aromatic carbocycles. The first-order valence-corrected chi connectivity index (χ1v) is 11.9. The van der Waals surface area contributed by atoms with Gasteiger partial charge in [0.15, 0.2) is 10.6 Å². The Hall–Kier alpha value is -3.97. The Morgan fingerprint density at radius 3 is 2.65 bits per heavy atom. The summed E-state index contributed by atoms with van der Waals surface area (Å²) in [6.45, 7) is 4.50. The van der Waals surface area contributed by atoms with E-state index < -0.39 is 6.04 Å². The molecule has 0 fully saturated rings. The third-order valence-corrected chi connectivity index (χ3v) is 7.04. The first-order chi connectivity index (χ1) is 16.5. The lowest BCUT2D eigenvalue weighted by Crippen LogP contribution is -2.29. The van der Waals surface area contributed by atoms with Crippen LogP contribution in [0, 0.1) is 6.92 Å². The van der Waals surface area contributed by atoms with E-state index in [0.717, 1.165) is 27.1 Å². The second-order valence-corrected chi connectivity index (χ2v) is 9.23. The van der Waals surface area contributed by atoms with E-state index >= 15 is 0 Å². The summed E-state index contributed by atoms with van der Waals surface area (Å²) >= 11 is 1.43.